The lowest BCUT2D eigenvalue weighted by atomic mass is 10.1. The fourth-order valence-corrected chi connectivity index (χ4v) is 2.40. The van der Waals surface area contributed by atoms with Crippen LogP contribution in [-0.4, -0.2) is 29.8 Å². The van der Waals surface area contributed by atoms with Crippen LogP contribution in [0.15, 0.2) is 42.6 Å². The minimum absolute atomic E-state index is 0.0759. The van der Waals surface area contributed by atoms with Crippen molar-refractivity contribution in [2.75, 3.05) is 20.4 Å². The number of alkyl halides is 1. The molecule has 0 amide bonds. The number of ether oxygens (including phenoxy) is 2. The number of halogens is 1. The van der Waals surface area contributed by atoms with E-state index in [-0.39, 0.29) is 6.61 Å². The van der Waals surface area contributed by atoms with Crippen molar-refractivity contribution in [3.8, 4) is 22.8 Å². The standard InChI is InChI=1S/C17H17FN2O2/c1-12-17(13-3-5-14(6-4-13)22-10-9-18)19-16-8-7-15(21-2)11-20(12)16/h3-8,11H,9-10H2,1-2H3. The Kier molecular flexibility index (Phi) is 3.96. The summed E-state index contributed by atoms with van der Waals surface area (Å²) in [5.74, 6) is 1.44. The molecule has 5 heteroatoms. The van der Waals surface area contributed by atoms with Gasteiger partial charge in [0.05, 0.1) is 19.0 Å². The van der Waals surface area contributed by atoms with E-state index in [0.717, 1.165) is 28.3 Å². The lowest BCUT2D eigenvalue weighted by Gasteiger charge is -2.05. The first-order chi connectivity index (χ1) is 10.7. The SMILES string of the molecule is COc1ccc2nc(-c3ccc(OCCF)cc3)c(C)n2c1. The fourth-order valence-electron chi connectivity index (χ4n) is 2.40. The maximum atomic E-state index is 12.1. The van der Waals surface area contributed by atoms with Gasteiger partial charge in [-0.2, -0.15) is 0 Å². The molecule has 0 bridgehead atoms. The minimum Gasteiger partial charge on any atom is -0.495 e. The highest BCUT2D eigenvalue weighted by molar-refractivity contribution is 5.67. The van der Waals surface area contributed by atoms with Crippen molar-refractivity contribution in [2.45, 2.75) is 6.92 Å². The summed E-state index contributed by atoms with van der Waals surface area (Å²) in [6, 6.07) is 11.3. The zero-order valence-electron chi connectivity index (χ0n) is 12.5. The number of hydrogen-bond donors (Lipinski definition) is 0. The monoisotopic (exact) mass is 300 g/mol. The molecule has 0 aliphatic rings. The van der Waals surface area contributed by atoms with E-state index in [1.165, 1.54) is 0 Å². The number of aromatic nitrogens is 2. The van der Waals surface area contributed by atoms with E-state index in [9.17, 15) is 4.39 Å². The molecule has 114 valence electrons. The van der Waals surface area contributed by atoms with Crippen LogP contribution in [0.4, 0.5) is 4.39 Å². The second kappa shape index (κ2) is 6.05. The molecule has 0 spiro atoms. The minimum atomic E-state index is -0.491. The van der Waals surface area contributed by atoms with Crippen molar-refractivity contribution in [1.29, 1.82) is 0 Å². The summed E-state index contributed by atoms with van der Waals surface area (Å²) in [5, 5.41) is 0. The van der Waals surface area contributed by atoms with Crippen molar-refractivity contribution in [3.63, 3.8) is 0 Å². The van der Waals surface area contributed by atoms with Crippen molar-refractivity contribution in [3.05, 3.63) is 48.3 Å². The van der Waals surface area contributed by atoms with E-state index in [2.05, 4.69) is 4.98 Å². The average Bonchev–Trinajstić information content (AvgIpc) is 2.90. The zero-order valence-corrected chi connectivity index (χ0v) is 12.5. The zero-order chi connectivity index (χ0) is 15.5. The molecule has 3 aromatic rings. The molecule has 0 N–H and O–H groups in total. The highest BCUT2D eigenvalue weighted by Gasteiger charge is 2.11. The molecule has 2 aromatic heterocycles. The largest absolute Gasteiger partial charge is 0.495 e. The van der Waals surface area contributed by atoms with Crippen LogP contribution >= 0.6 is 0 Å². The van der Waals surface area contributed by atoms with Gasteiger partial charge >= 0.3 is 0 Å². The van der Waals surface area contributed by atoms with E-state index in [4.69, 9.17) is 9.47 Å². The highest BCUT2D eigenvalue weighted by atomic mass is 19.1. The van der Waals surface area contributed by atoms with Gasteiger partial charge in [0.15, 0.2) is 0 Å². The normalized spacial score (nSPS) is 10.9. The molecule has 0 unspecified atom stereocenters. The van der Waals surface area contributed by atoms with Gasteiger partial charge in [0.1, 0.15) is 30.4 Å². The molecule has 0 aliphatic heterocycles. The van der Waals surface area contributed by atoms with Crippen molar-refractivity contribution >= 4 is 5.65 Å². The molecule has 0 atom stereocenters. The van der Waals surface area contributed by atoms with Crippen LogP contribution in [0.3, 0.4) is 0 Å². The summed E-state index contributed by atoms with van der Waals surface area (Å²) < 4.78 is 24.6. The molecule has 2 heterocycles. The summed E-state index contributed by atoms with van der Waals surface area (Å²) in [4.78, 5) is 4.66. The average molecular weight is 300 g/mol. The van der Waals surface area contributed by atoms with Gasteiger partial charge in [-0.3, -0.25) is 4.40 Å². The second-order valence-electron chi connectivity index (χ2n) is 4.90. The maximum Gasteiger partial charge on any atom is 0.137 e. The Morgan fingerprint density at radius 1 is 1.09 bits per heavy atom. The van der Waals surface area contributed by atoms with E-state index >= 15 is 0 Å². The first kappa shape index (κ1) is 14.4. The topological polar surface area (TPSA) is 35.8 Å². The predicted molar refractivity (Wildman–Crippen MR) is 83.4 cm³/mol. The van der Waals surface area contributed by atoms with Crippen LogP contribution in [-0.2, 0) is 0 Å². The van der Waals surface area contributed by atoms with E-state index in [1.807, 2.05) is 53.9 Å². The number of fused-ring (bicyclic) bond motifs is 1. The Labute approximate surface area is 128 Å². The van der Waals surface area contributed by atoms with Crippen LogP contribution in [0.5, 0.6) is 11.5 Å². The second-order valence-corrected chi connectivity index (χ2v) is 4.90. The molecule has 0 fully saturated rings. The van der Waals surface area contributed by atoms with Crippen molar-refractivity contribution in [2.24, 2.45) is 0 Å². The smallest absolute Gasteiger partial charge is 0.137 e. The molecule has 22 heavy (non-hydrogen) atoms. The van der Waals surface area contributed by atoms with Gasteiger partial charge in [-0.15, -0.1) is 0 Å². The predicted octanol–water partition coefficient (Wildman–Crippen LogP) is 3.67. The van der Waals surface area contributed by atoms with Gasteiger partial charge in [0, 0.05) is 11.3 Å². The molecular weight excluding hydrogens is 283 g/mol. The molecule has 0 saturated carbocycles. The summed E-state index contributed by atoms with van der Waals surface area (Å²) in [7, 11) is 1.64. The summed E-state index contributed by atoms with van der Waals surface area (Å²) in [6.07, 6.45) is 1.92. The molecule has 0 radical (unpaired) electrons. The molecule has 0 aliphatic carbocycles. The van der Waals surface area contributed by atoms with Gasteiger partial charge in [-0.05, 0) is 43.3 Å². The van der Waals surface area contributed by atoms with Crippen molar-refractivity contribution < 1.29 is 13.9 Å². The molecular formula is C17H17FN2O2. The summed E-state index contributed by atoms with van der Waals surface area (Å²) >= 11 is 0. The highest BCUT2D eigenvalue weighted by Crippen LogP contribution is 2.27. The Morgan fingerprint density at radius 3 is 2.50 bits per heavy atom. The van der Waals surface area contributed by atoms with Gasteiger partial charge in [0.2, 0.25) is 0 Å². The third-order valence-corrected chi connectivity index (χ3v) is 3.54. The number of aryl methyl sites for hydroxylation is 1. The number of pyridine rings is 1. The van der Waals surface area contributed by atoms with Gasteiger partial charge in [0.25, 0.3) is 0 Å². The van der Waals surface area contributed by atoms with Crippen LogP contribution in [0.2, 0.25) is 0 Å². The number of hydrogen-bond acceptors (Lipinski definition) is 3. The first-order valence-electron chi connectivity index (χ1n) is 7.05. The molecule has 3 rings (SSSR count). The summed E-state index contributed by atoms with van der Waals surface area (Å²) in [5.41, 5.74) is 3.80. The third-order valence-electron chi connectivity index (χ3n) is 3.54. The lowest BCUT2D eigenvalue weighted by Crippen LogP contribution is -1.98. The van der Waals surface area contributed by atoms with Crippen LogP contribution in [0, 0.1) is 6.92 Å². The maximum absolute atomic E-state index is 12.1. The van der Waals surface area contributed by atoms with Crippen LogP contribution in [0.1, 0.15) is 5.69 Å². The van der Waals surface area contributed by atoms with E-state index in [1.54, 1.807) is 7.11 Å². The van der Waals surface area contributed by atoms with E-state index in [0.29, 0.717) is 5.75 Å². The molecule has 1 aromatic carbocycles. The fraction of sp³-hybridized carbons (Fsp3) is 0.235. The number of nitrogens with zero attached hydrogens (tertiary/aromatic N) is 2. The van der Waals surface area contributed by atoms with E-state index < -0.39 is 6.67 Å². The third kappa shape index (κ3) is 2.62. The van der Waals surface area contributed by atoms with Gasteiger partial charge in [-0.1, -0.05) is 0 Å². The number of imidazole rings is 1. The Hall–Kier alpha value is -2.56. The van der Waals surface area contributed by atoms with Gasteiger partial charge < -0.3 is 9.47 Å². The number of benzene rings is 1. The Morgan fingerprint density at radius 2 is 1.82 bits per heavy atom. The lowest BCUT2D eigenvalue weighted by molar-refractivity contribution is 0.273. The van der Waals surface area contributed by atoms with Crippen LogP contribution < -0.4 is 9.47 Å². The number of methoxy groups -OCH3 is 1. The quantitative estimate of drug-likeness (QED) is 0.721. The molecule has 4 nitrogen and oxygen atoms in total. The first-order valence-corrected chi connectivity index (χ1v) is 7.05. The van der Waals surface area contributed by atoms with Gasteiger partial charge in [-0.25, -0.2) is 9.37 Å². The number of rotatable bonds is 5. The van der Waals surface area contributed by atoms with Crippen LogP contribution in [0.25, 0.3) is 16.9 Å². The Balaban J connectivity index is 1.97. The Bertz CT molecular complexity index is 781. The molecule has 0 saturated heterocycles. The van der Waals surface area contributed by atoms with Crippen molar-refractivity contribution in [1.82, 2.24) is 9.38 Å². The summed E-state index contributed by atoms with van der Waals surface area (Å²) in [6.45, 7) is 1.60.